The van der Waals surface area contributed by atoms with E-state index in [-0.39, 0.29) is 5.57 Å². The van der Waals surface area contributed by atoms with E-state index in [0.29, 0.717) is 11.1 Å². The number of amides is 1. The fourth-order valence-electron chi connectivity index (χ4n) is 2.82. The van der Waals surface area contributed by atoms with Gasteiger partial charge in [-0.15, -0.1) is 11.8 Å². The zero-order valence-corrected chi connectivity index (χ0v) is 15.8. The van der Waals surface area contributed by atoms with Gasteiger partial charge in [-0.2, -0.15) is 5.26 Å². The van der Waals surface area contributed by atoms with Gasteiger partial charge < -0.3 is 16.0 Å². The van der Waals surface area contributed by atoms with Crippen molar-refractivity contribution in [1.82, 2.24) is 4.90 Å². The van der Waals surface area contributed by atoms with E-state index in [2.05, 4.69) is 41.1 Å². The number of nitriles is 1. The van der Waals surface area contributed by atoms with Crippen LogP contribution in [0.2, 0.25) is 0 Å². The number of rotatable bonds is 6. The van der Waals surface area contributed by atoms with Crippen LogP contribution in [-0.4, -0.2) is 49.3 Å². The molecular weight excluding hydrogens is 334 g/mol. The van der Waals surface area contributed by atoms with E-state index in [1.807, 2.05) is 18.2 Å². The molecule has 0 radical (unpaired) electrons. The third-order valence-electron chi connectivity index (χ3n) is 4.32. The molecule has 1 aromatic rings. The highest BCUT2D eigenvalue weighted by atomic mass is 32.2. The van der Waals surface area contributed by atoms with Gasteiger partial charge in [0.25, 0.3) is 5.91 Å². The predicted octanol–water partition coefficient (Wildman–Crippen LogP) is 2.21. The molecule has 1 amide bonds. The molecule has 0 saturated carbocycles. The third kappa shape index (κ3) is 4.91. The first kappa shape index (κ1) is 19.2. The van der Waals surface area contributed by atoms with Crippen molar-refractivity contribution in [2.45, 2.75) is 19.9 Å². The molecule has 7 heteroatoms. The molecule has 1 fully saturated rings. The number of nitrogens with one attached hydrogen (secondary N) is 1. The maximum Gasteiger partial charge on any atom is 0.262 e. The number of carbonyl (C=O) groups excluding carboxylic acids is 1. The lowest BCUT2D eigenvalue weighted by atomic mass is 10.2. The van der Waals surface area contributed by atoms with Gasteiger partial charge in [-0.1, -0.05) is 0 Å². The molecule has 1 heterocycles. The van der Waals surface area contributed by atoms with Crippen molar-refractivity contribution in [1.29, 1.82) is 5.26 Å². The molecule has 3 N–H and O–H groups in total. The van der Waals surface area contributed by atoms with Gasteiger partial charge in [-0.05, 0) is 44.4 Å². The minimum absolute atomic E-state index is 0.0543. The first-order valence-electron chi connectivity index (χ1n) is 8.30. The van der Waals surface area contributed by atoms with E-state index < -0.39 is 5.91 Å². The lowest BCUT2D eigenvalue weighted by Crippen LogP contribution is -2.48. The molecule has 0 aromatic heterocycles. The van der Waals surface area contributed by atoms with Crippen molar-refractivity contribution < 1.29 is 4.79 Å². The molecular formula is C18H25N5OS. The van der Waals surface area contributed by atoms with Gasteiger partial charge in [0.05, 0.1) is 5.03 Å². The molecule has 0 unspecified atom stereocenters. The summed E-state index contributed by atoms with van der Waals surface area (Å²) in [5.74, 6) is -0.723. The summed E-state index contributed by atoms with van der Waals surface area (Å²) < 4.78 is 0. The van der Waals surface area contributed by atoms with Gasteiger partial charge in [0, 0.05) is 43.6 Å². The number of thioether (sulfide) groups is 1. The number of primary amides is 1. The minimum Gasteiger partial charge on any atom is -0.369 e. The van der Waals surface area contributed by atoms with Crippen LogP contribution in [0.15, 0.2) is 34.9 Å². The van der Waals surface area contributed by atoms with Crippen LogP contribution >= 0.6 is 11.8 Å². The Labute approximate surface area is 153 Å². The van der Waals surface area contributed by atoms with Crippen LogP contribution in [0.5, 0.6) is 0 Å². The second kappa shape index (κ2) is 8.79. The van der Waals surface area contributed by atoms with Crippen LogP contribution in [0.3, 0.4) is 0 Å². The molecule has 1 aromatic carbocycles. The summed E-state index contributed by atoms with van der Waals surface area (Å²) in [6.45, 7) is 8.63. The highest BCUT2D eigenvalue weighted by Gasteiger charge is 2.19. The Kier molecular flexibility index (Phi) is 6.73. The topological polar surface area (TPSA) is 85.4 Å². The number of benzene rings is 1. The molecule has 0 bridgehead atoms. The van der Waals surface area contributed by atoms with Crippen molar-refractivity contribution >= 4 is 29.0 Å². The molecule has 0 spiro atoms. The number of nitrogens with two attached hydrogens (primary N) is 1. The fraction of sp³-hybridized carbons (Fsp3) is 0.444. The molecule has 0 atom stereocenters. The van der Waals surface area contributed by atoms with Gasteiger partial charge in [-0.3, -0.25) is 9.69 Å². The summed E-state index contributed by atoms with van der Waals surface area (Å²) in [6.07, 6.45) is 1.80. The van der Waals surface area contributed by atoms with Gasteiger partial charge >= 0.3 is 0 Å². The predicted molar refractivity (Wildman–Crippen MR) is 104 cm³/mol. The Morgan fingerprint density at radius 3 is 2.28 bits per heavy atom. The smallest absolute Gasteiger partial charge is 0.262 e. The number of hydrogen-bond acceptors (Lipinski definition) is 6. The standard InChI is InChI=1S/C18H25N5OS/c1-13(2)22-8-10-23(11-9-22)15-6-4-14(5-7-15)21-18(25-3)16(12-19)17(20)24/h4-7,13,21H,8-11H2,1-3H3,(H2,20,24)/b18-16-. The van der Waals surface area contributed by atoms with Crippen molar-refractivity contribution in [3.63, 3.8) is 0 Å². The Morgan fingerprint density at radius 2 is 1.84 bits per heavy atom. The highest BCUT2D eigenvalue weighted by molar-refractivity contribution is 8.02. The molecule has 6 nitrogen and oxygen atoms in total. The average molecular weight is 359 g/mol. The molecule has 0 aliphatic carbocycles. The van der Waals surface area contributed by atoms with E-state index >= 15 is 0 Å². The monoisotopic (exact) mass is 359 g/mol. The van der Waals surface area contributed by atoms with Crippen molar-refractivity contribution in [3.05, 3.63) is 34.9 Å². The molecule has 134 valence electrons. The first-order valence-corrected chi connectivity index (χ1v) is 9.53. The molecule has 25 heavy (non-hydrogen) atoms. The quantitative estimate of drug-likeness (QED) is 0.598. The van der Waals surface area contributed by atoms with Crippen LogP contribution in [-0.2, 0) is 4.79 Å². The van der Waals surface area contributed by atoms with E-state index in [9.17, 15) is 4.79 Å². The summed E-state index contributed by atoms with van der Waals surface area (Å²) in [5.41, 5.74) is 7.20. The van der Waals surface area contributed by atoms with Crippen LogP contribution in [0.4, 0.5) is 11.4 Å². The Balaban J connectivity index is 2.05. The maximum absolute atomic E-state index is 11.3. The third-order valence-corrected chi connectivity index (χ3v) is 5.04. The zero-order chi connectivity index (χ0) is 18.4. The van der Waals surface area contributed by atoms with Crippen LogP contribution in [0.25, 0.3) is 0 Å². The maximum atomic E-state index is 11.3. The Hall–Kier alpha value is -2.17. The first-order chi connectivity index (χ1) is 12.0. The highest BCUT2D eigenvalue weighted by Crippen LogP contribution is 2.24. The molecule has 1 saturated heterocycles. The lowest BCUT2D eigenvalue weighted by molar-refractivity contribution is -0.114. The zero-order valence-electron chi connectivity index (χ0n) is 15.0. The van der Waals surface area contributed by atoms with E-state index in [1.165, 1.54) is 17.4 Å². The van der Waals surface area contributed by atoms with Crippen LogP contribution < -0.4 is 16.0 Å². The van der Waals surface area contributed by atoms with E-state index in [4.69, 9.17) is 11.0 Å². The second-order valence-corrected chi connectivity index (χ2v) is 6.99. The van der Waals surface area contributed by atoms with Crippen LogP contribution in [0.1, 0.15) is 13.8 Å². The number of carbonyl (C=O) groups is 1. The second-order valence-electron chi connectivity index (χ2n) is 6.17. The van der Waals surface area contributed by atoms with Gasteiger partial charge in [0.1, 0.15) is 11.6 Å². The summed E-state index contributed by atoms with van der Waals surface area (Å²) in [5, 5.41) is 12.6. The molecule has 1 aliphatic rings. The number of anilines is 2. The van der Waals surface area contributed by atoms with E-state index in [0.717, 1.165) is 31.9 Å². The lowest BCUT2D eigenvalue weighted by Gasteiger charge is -2.38. The number of hydrogen-bond donors (Lipinski definition) is 2. The summed E-state index contributed by atoms with van der Waals surface area (Å²) in [4.78, 5) is 16.2. The summed E-state index contributed by atoms with van der Waals surface area (Å²) >= 11 is 1.29. The number of piperazine rings is 1. The van der Waals surface area contributed by atoms with Crippen molar-refractivity contribution in [3.8, 4) is 6.07 Å². The SMILES string of the molecule is CS/C(Nc1ccc(N2CCN(C(C)C)CC2)cc1)=C(/C#N)C(N)=O. The molecule has 2 rings (SSSR count). The van der Waals surface area contributed by atoms with E-state index in [1.54, 1.807) is 6.26 Å². The van der Waals surface area contributed by atoms with Gasteiger partial charge in [0.2, 0.25) is 0 Å². The Morgan fingerprint density at radius 1 is 1.24 bits per heavy atom. The Bertz CT molecular complexity index is 670. The summed E-state index contributed by atoms with van der Waals surface area (Å²) in [7, 11) is 0. The summed E-state index contributed by atoms with van der Waals surface area (Å²) in [6, 6.07) is 10.5. The van der Waals surface area contributed by atoms with Gasteiger partial charge in [0.15, 0.2) is 0 Å². The average Bonchev–Trinajstić information content (AvgIpc) is 2.61. The minimum atomic E-state index is -0.723. The van der Waals surface area contributed by atoms with Crippen molar-refractivity contribution in [2.75, 3.05) is 42.7 Å². The van der Waals surface area contributed by atoms with Crippen LogP contribution in [0, 0.1) is 11.3 Å². The number of nitrogens with zero attached hydrogens (tertiary/aromatic N) is 3. The molecule has 1 aliphatic heterocycles. The fourth-order valence-corrected chi connectivity index (χ4v) is 3.39. The van der Waals surface area contributed by atoms with Gasteiger partial charge in [-0.25, -0.2) is 0 Å². The van der Waals surface area contributed by atoms with Crippen molar-refractivity contribution in [2.24, 2.45) is 5.73 Å². The normalized spacial score (nSPS) is 16.4. The largest absolute Gasteiger partial charge is 0.369 e.